The van der Waals surface area contributed by atoms with Gasteiger partial charge in [-0.3, -0.25) is 14.5 Å². The summed E-state index contributed by atoms with van der Waals surface area (Å²) in [6.45, 7) is 4.05. The van der Waals surface area contributed by atoms with Gasteiger partial charge in [0.2, 0.25) is 5.91 Å². The molecule has 0 atom stereocenters. The number of carbonyl (C=O) groups is 2. The highest BCUT2D eigenvalue weighted by Crippen LogP contribution is 2.05. The lowest BCUT2D eigenvalue weighted by molar-refractivity contribution is -0.140. The Morgan fingerprint density at radius 1 is 1.37 bits per heavy atom. The minimum Gasteiger partial charge on any atom is -0.480 e. The van der Waals surface area contributed by atoms with E-state index in [-0.39, 0.29) is 25.0 Å². The molecule has 1 heterocycles. The van der Waals surface area contributed by atoms with Crippen molar-refractivity contribution in [1.82, 2.24) is 9.80 Å². The van der Waals surface area contributed by atoms with E-state index in [2.05, 4.69) is 0 Å². The molecule has 1 aromatic heterocycles. The first-order valence-electron chi connectivity index (χ1n) is 6.12. The molecule has 0 spiro atoms. The maximum atomic E-state index is 12.0. The third-order valence-electron chi connectivity index (χ3n) is 2.81. The molecule has 0 aliphatic rings. The van der Waals surface area contributed by atoms with Gasteiger partial charge in [0.1, 0.15) is 5.76 Å². The Morgan fingerprint density at radius 3 is 2.53 bits per heavy atom. The topological polar surface area (TPSA) is 74.0 Å². The molecule has 0 unspecified atom stereocenters. The van der Waals surface area contributed by atoms with E-state index in [4.69, 9.17) is 9.52 Å². The second kappa shape index (κ2) is 6.94. The Hall–Kier alpha value is -1.82. The largest absolute Gasteiger partial charge is 0.480 e. The van der Waals surface area contributed by atoms with Gasteiger partial charge in [0, 0.05) is 13.1 Å². The third kappa shape index (κ3) is 5.13. The maximum Gasteiger partial charge on any atom is 0.317 e. The number of hydrogen-bond donors (Lipinski definition) is 1. The van der Waals surface area contributed by atoms with Crippen molar-refractivity contribution in [3.05, 3.63) is 24.2 Å². The fourth-order valence-corrected chi connectivity index (χ4v) is 1.61. The van der Waals surface area contributed by atoms with Gasteiger partial charge in [-0.2, -0.15) is 0 Å². The zero-order valence-corrected chi connectivity index (χ0v) is 11.5. The summed E-state index contributed by atoms with van der Waals surface area (Å²) in [5.74, 6) is -0.369. The van der Waals surface area contributed by atoms with Crippen LogP contribution in [0.3, 0.4) is 0 Å². The van der Waals surface area contributed by atoms with Crippen LogP contribution in [0.25, 0.3) is 0 Å². The first kappa shape index (κ1) is 15.2. The zero-order chi connectivity index (χ0) is 14.4. The van der Waals surface area contributed by atoms with Crippen molar-refractivity contribution in [2.24, 2.45) is 0 Å². The first-order valence-corrected chi connectivity index (χ1v) is 6.12. The summed E-state index contributed by atoms with van der Waals surface area (Å²) in [5, 5.41) is 8.81. The van der Waals surface area contributed by atoms with Crippen molar-refractivity contribution in [3.8, 4) is 0 Å². The number of furan rings is 1. The van der Waals surface area contributed by atoms with Crippen LogP contribution in [0.15, 0.2) is 22.8 Å². The van der Waals surface area contributed by atoms with Crippen molar-refractivity contribution in [2.75, 3.05) is 20.1 Å². The van der Waals surface area contributed by atoms with Gasteiger partial charge in [-0.05, 0) is 26.0 Å². The summed E-state index contributed by atoms with van der Waals surface area (Å²) < 4.78 is 5.17. The monoisotopic (exact) mass is 268 g/mol. The van der Waals surface area contributed by atoms with E-state index in [0.29, 0.717) is 12.3 Å². The van der Waals surface area contributed by atoms with Crippen LogP contribution in [-0.2, 0) is 16.1 Å². The van der Waals surface area contributed by atoms with Crippen molar-refractivity contribution in [2.45, 2.75) is 26.4 Å². The number of carboxylic acids is 1. The summed E-state index contributed by atoms with van der Waals surface area (Å²) in [7, 11) is 1.67. The molecule has 0 saturated carbocycles. The van der Waals surface area contributed by atoms with E-state index in [1.807, 2.05) is 13.8 Å². The smallest absolute Gasteiger partial charge is 0.317 e. The molecule has 0 bridgehead atoms. The van der Waals surface area contributed by atoms with Crippen LogP contribution in [0.4, 0.5) is 0 Å². The lowest BCUT2D eigenvalue weighted by atomic mass is 10.3. The van der Waals surface area contributed by atoms with Crippen molar-refractivity contribution in [3.63, 3.8) is 0 Å². The molecule has 6 heteroatoms. The van der Waals surface area contributed by atoms with Gasteiger partial charge in [-0.15, -0.1) is 0 Å². The standard InChI is InChI=1S/C13H20N2O4/c1-10(2)15(9-13(17)18)8-12(16)14(3)7-11-5-4-6-19-11/h4-6,10H,7-9H2,1-3H3,(H,17,18). The first-order chi connectivity index (χ1) is 8.90. The van der Waals surface area contributed by atoms with Crippen LogP contribution in [0.1, 0.15) is 19.6 Å². The van der Waals surface area contributed by atoms with Crippen molar-refractivity contribution < 1.29 is 19.1 Å². The maximum absolute atomic E-state index is 12.0. The molecule has 0 aromatic carbocycles. The minimum atomic E-state index is -0.935. The number of hydrogen-bond acceptors (Lipinski definition) is 4. The zero-order valence-electron chi connectivity index (χ0n) is 11.5. The predicted molar refractivity (Wildman–Crippen MR) is 69.5 cm³/mol. The molecule has 106 valence electrons. The average Bonchev–Trinajstić information content (AvgIpc) is 2.79. The van der Waals surface area contributed by atoms with Gasteiger partial charge < -0.3 is 14.4 Å². The third-order valence-corrected chi connectivity index (χ3v) is 2.81. The Kier molecular flexibility index (Phi) is 5.57. The minimum absolute atomic E-state index is 0.00272. The van der Waals surface area contributed by atoms with E-state index < -0.39 is 5.97 Å². The van der Waals surface area contributed by atoms with Crippen LogP contribution in [-0.4, -0.2) is 53.0 Å². The molecule has 1 rings (SSSR count). The molecule has 6 nitrogen and oxygen atoms in total. The molecule has 0 aliphatic carbocycles. The quantitative estimate of drug-likeness (QED) is 0.799. The van der Waals surface area contributed by atoms with Gasteiger partial charge in [0.15, 0.2) is 0 Å². The second-order valence-corrected chi connectivity index (χ2v) is 4.72. The lowest BCUT2D eigenvalue weighted by Gasteiger charge is -2.26. The lowest BCUT2D eigenvalue weighted by Crippen LogP contribution is -2.43. The molecule has 1 amide bonds. The molecular weight excluding hydrogens is 248 g/mol. The molecule has 0 aliphatic heterocycles. The van der Waals surface area contributed by atoms with Crippen LogP contribution < -0.4 is 0 Å². The SMILES string of the molecule is CC(C)N(CC(=O)O)CC(=O)N(C)Cc1ccco1. The van der Waals surface area contributed by atoms with E-state index in [9.17, 15) is 9.59 Å². The fraction of sp³-hybridized carbons (Fsp3) is 0.538. The molecule has 1 aromatic rings. The average molecular weight is 268 g/mol. The summed E-state index contributed by atoms with van der Waals surface area (Å²) in [6.07, 6.45) is 1.55. The van der Waals surface area contributed by atoms with Gasteiger partial charge in [0.05, 0.1) is 25.9 Å². The predicted octanol–water partition coefficient (Wildman–Crippen LogP) is 1.03. The second-order valence-electron chi connectivity index (χ2n) is 4.72. The van der Waals surface area contributed by atoms with Gasteiger partial charge in [-0.1, -0.05) is 0 Å². The number of amides is 1. The van der Waals surface area contributed by atoms with E-state index in [0.717, 1.165) is 0 Å². The molecule has 0 saturated heterocycles. The summed E-state index contributed by atoms with van der Waals surface area (Å²) in [6, 6.07) is 3.55. The van der Waals surface area contributed by atoms with Crippen LogP contribution >= 0.6 is 0 Å². The Morgan fingerprint density at radius 2 is 2.05 bits per heavy atom. The van der Waals surface area contributed by atoms with Crippen LogP contribution in [0, 0.1) is 0 Å². The summed E-state index contributed by atoms with van der Waals surface area (Å²) in [4.78, 5) is 25.9. The highest BCUT2D eigenvalue weighted by Gasteiger charge is 2.19. The van der Waals surface area contributed by atoms with Gasteiger partial charge >= 0.3 is 5.97 Å². The fourth-order valence-electron chi connectivity index (χ4n) is 1.61. The number of nitrogens with zero attached hydrogens (tertiary/aromatic N) is 2. The van der Waals surface area contributed by atoms with Gasteiger partial charge in [0.25, 0.3) is 0 Å². The highest BCUT2D eigenvalue weighted by atomic mass is 16.4. The number of rotatable bonds is 7. The molecule has 19 heavy (non-hydrogen) atoms. The number of aliphatic carboxylic acids is 1. The van der Waals surface area contributed by atoms with E-state index >= 15 is 0 Å². The Bertz CT molecular complexity index is 414. The summed E-state index contributed by atoms with van der Waals surface area (Å²) in [5.41, 5.74) is 0. The van der Waals surface area contributed by atoms with Crippen LogP contribution in [0.5, 0.6) is 0 Å². The summed E-state index contributed by atoms with van der Waals surface area (Å²) >= 11 is 0. The van der Waals surface area contributed by atoms with Gasteiger partial charge in [-0.25, -0.2) is 0 Å². The molecule has 0 radical (unpaired) electrons. The number of likely N-dealkylation sites (N-methyl/N-ethyl adjacent to an activating group) is 1. The van der Waals surface area contributed by atoms with E-state index in [1.54, 1.807) is 30.3 Å². The molecular formula is C13H20N2O4. The van der Waals surface area contributed by atoms with E-state index in [1.165, 1.54) is 4.90 Å². The number of carboxylic acid groups (broad SMARTS) is 1. The molecule has 1 N–H and O–H groups in total. The van der Waals surface area contributed by atoms with Crippen molar-refractivity contribution >= 4 is 11.9 Å². The Balaban J connectivity index is 2.53. The molecule has 0 fully saturated rings. The van der Waals surface area contributed by atoms with Crippen molar-refractivity contribution in [1.29, 1.82) is 0 Å². The highest BCUT2D eigenvalue weighted by molar-refractivity contribution is 5.79. The Labute approximate surface area is 112 Å². The number of carbonyl (C=O) groups excluding carboxylic acids is 1. The van der Waals surface area contributed by atoms with Crippen LogP contribution in [0.2, 0.25) is 0 Å². The normalized spacial score (nSPS) is 11.0.